The maximum absolute atomic E-state index is 8.78. The molecule has 5 heavy (non-hydrogen) atoms. The van der Waals surface area contributed by atoms with Gasteiger partial charge in [0, 0.05) is 0 Å². The Kier molecular flexibility index (Phi) is 8.20. The first kappa shape index (κ1) is 9.10. The molecule has 0 rings (SSSR count). The summed E-state index contributed by atoms with van der Waals surface area (Å²) in [6, 6.07) is 0. The van der Waals surface area contributed by atoms with Gasteiger partial charge in [-0.15, -0.1) is 0 Å². The van der Waals surface area contributed by atoms with Crippen molar-refractivity contribution in [2.45, 2.75) is 0 Å². The van der Waals surface area contributed by atoms with Crippen molar-refractivity contribution in [3.05, 3.63) is 0 Å². The zero-order chi connectivity index (χ0) is 3.58. The predicted molar refractivity (Wildman–Crippen MR) is 12.9 cm³/mol. The van der Waals surface area contributed by atoms with Crippen molar-refractivity contribution in [2.24, 2.45) is 5.14 Å². The van der Waals surface area contributed by atoms with Crippen LogP contribution in [0.5, 0.6) is 0 Å². The molecule has 0 aromatic rings. The summed E-state index contributed by atoms with van der Waals surface area (Å²) in [5.74, 6) is 0. The van der Waals surface area contributed by atoms with E-state index in [1.165, 1.54) is 0 Å². The predicted octanol–water partition coefficient (Wildman–Crippen LogP) is -3.83. The largest absolute Gasteiger partial charge is 1.00 e. The fraction of sp³-hybridized carbons (Fsp3) is 0. The molecule has 0 radical (unpaired) electrons. The van der Waals surface area contributed by atoms with Crippen molar-refractivity contribution in [2.75, 3.05) is 0 Å². The van der Waals surface area contributed by atoms with Gasteiger partial charge in [0.2, 0.25) is 0 Å². The van der Waals surface area contributed by atoms with Gasteiger partial charge in [-0.2, -0.15) is 0 Å². The second kappa shape index (κ2) is 4.51. The molecular weight excluding hydrogens is 85.0 g/mol. The van der Waals surface area contributed by atoms with Crippen LogP contribution in [-0.4, -0.2) is 0 Å². The molecule has 5 heteroatoms. The van der Waals surface area contributed by atoms with E-state index in [1.54, 1.807) is 0 Å². The number of rotatable bonds is 0. The molecule has 0 amide bonds. The average Bonchev–Trinajstić information content (AvgIpc) is 0.811. The third kappa shape index (κ3) is 110. The van der Waals surface area contributed by atoms with Gasteiger partial charge in [-0.05, 0) is 10.9 Å². The van der Waals surface area contributed by atoms with Gasteiger partial charge < -0.3 is 13.6 Å². The van der Waals surface area contributed by atoms with Crippen molar-refractivity contribution in [1.29, 1.82) is 0 Å². The van der Waals surface area contributed by atoms with Crippen molar-refractivity contribution in [3.63, 3.8) is 0 Å². The Balaban J connectivity index is 0. The Labute approximate surface area is 43.8 Å². The molecule has 26 valence electrons. The minimum atomic E-state index is -2.36. The first-order chi connectivity index (χ1) is 1.73. The molecule has 2 N–H and O–H groups in total. The van der Waals surface area contributed by atoms with Gasteiger partial charge in [0.25, 0.3) is 0 Å². The quantitative estimate of drug-likeness (QED) is 0.243. The minimum Gasteiger partial charge on any atom is -0.409 e. The topological polar surface area (TPSA) is 60.2 Å². The molecule has 0 aromatic heterocycles. The number of hydrogen-bond acceptors (Lipinski definition) is 3. The second-order valence-corrected chi connectivity index (χ2v) is 0.781. The molecule has 3 nitrogen and oxygen atoms in total. The van der Waals surface area contributed by atoms with Gasteiger partial charge in [-0.1, -0.05) is 0 Å². The van der Waals surface area contributed by atoms with E-state index in [1.807, 2.05) is 0 Å². The molecule has 0 saturated carbocycles. The molecule has 0 fully saturated rings. The monoisotopic (exact) mass is 87.0 g/mol. The van der Waals surface area contributed by atoms with Crippen LogP contribution in [0.25, 0.3) is 0 Å². The van der Waals surface area contributed by atoms with E-state index in [0.29, 0.717) is 0 Å². The first-order valence-corrected chi connectivity index (χ1v) is 1.71. The molecule has 0 aromatic carbocycles. The van der Waals surface area contributed by atoms with Crippen LogP contribution in [-0.2, 0) is 19.3 Å². The summed E-state index contributed by atoms with van der Waals surface area (Å²) in [7, 11) is -2.36. The average molecular weight is 87.0 g/mol. The van der Waals surface area contributed by atoms with E-state index >= 15 is 0 Å². The maximum Gasteiger partial charge on any atom is 1.00 e. The smallest absolute Gasteiger partial charge is 0.409 e. The van der Waals surface area contributed by atoms with Crippen LogP contribution < -0.4 is 24.0 Å². The van der Waals surface area contributed by atoms with E-state index in [9.17, 15) is 0 Å². The van der Waals surface area contributed by atoms with Gasteiger partial charge >= 0.3 is 18.9 Å². The standard InChI is InChI=1S/Li.H2NO2S/c;1-4(2)3/h;(H2,1,2,3)/q+1;-1. The molecule has 0 atom stereocenters. The SMILES string of the molecule is N[S-](=O)=O.[Li+]. The maximum atomic E-state index is 8.78. The summed E-state index contributed by atoms with van der Waals surface area (Å²) in [5.41, 5.74) is 0. The summed E-state index contributed by atoms with van der Waals surface area (Å²) in [4.78, 5) is 0. The molecule has 0 aliphatic heterocycles. The van der Waals surface area contributed by atoms with E-state index in [2.05, 4.69) is 5.14 Å². The Morgan fingerprint density at radius 3 is 1.40 bits per heavy atom. The van der Waals surface area contributed by atoms with E-state index in [4.69, 9.17) is 8.42 Å². The molecule has 0 unspecified atom stereocenters. The van der Waals surface area contributed by atoms with Gasteiger partial charge in [0.15, 0.2) is 0 Å². The van der Waals surface area contributed by atoms with Crippen LogP contribution >= 0.6 is 0 Å². The van der Waals surface area contributed by atoms with Crippen molar-refractivity contribution in [1.82, 2.24) is 0 Å². The van der Waals surface area contributed by atoms with Crippen LogP contribution in [0.2, 0.25) is 0 Å². The van der Waals surface area contributed by atoms with E-state index in [0.717, 1.165) is 0 Å². The fourth-order valence-electron chi connectivity index (χ4n) is 0. The third-order valence-corrected chi connectivity index (χ3v) is 0. The summed E-state index contributed by atoms with van der Waals surface area (Å²) in [6.07, 6.45) is 0. The van der Waals surface area contributed by atoms with Crippen LogP contribution in [0, 0.1) is 0 Å². The summed E-state index contributed by atoms with van der Waals surface area (Å²) < 4.78 is 17.6. The van der Waals surface area contributed by atoms with Crippen LogP contribution in [0.4, 0.5) is 0 Å². The van der Waals surface area contributed by atoms with Gasteiger partial charge in [-0.3, -0.25) is 0 Å². The molecule has 0 aliphatic carbocycles. The van der Waals surface area contributed by atoms with Gasteiger partial charge in [-0.25, -0.2) is 0 Å². The molecule has 0 saturated heterocycles. The number of nitrogens with two attached hydrogens (primary N) is 1. The van der Waals surface area contributed by atoms with Gasteiger partial charge in [0.1, 0.15) is 0 Å². The van der Waals surface area contributed by atoms with E-state index < -0.39 is 10.9 Å². The summed E-state index contributed by atoms with van der Waals surface area (Å²) in [5, 5.41) is 4.03. The Hall–Kier alpha value is 0.507. The first-order valence-electron chi connectivity index (χ1n) is 0.569. The van der Waals surface area contributed by atoms with Gasteiger partial charge in [0.05, 0.1) is 0 Å². The molecule has 0 aliphatic rings. The summed E-state index contributed by atoms with van der Waals surface area (Å²) >= 11 is 0. The van der Waals surface area contributed by atoms with Crippen LogP contribution in [0.15, 0.2) is 0 Å². The zero-order valence-corrected chi connectivity index (χ0v) is 3.62. The molecule has 0 bridgehead atoms. The fourth-order valence-corrected chi connectivity index (χ4v) is 0. The van der Waals surface area contributed by atoms with Crippen molar-refractivity contribution >= 4 is 10.9 Å². The van der Waals surface area contributed by atoms with Crippen LogP contribution in [0.3, 0.4) is 0 Å². The van der Waals surface area contributed by atoms with E-state index in [-0.39, 0.29) is 18.9 Å². The van der Waals surface area contributed by atoms with Crippen LogP contribution in [0.1, 0.15) is 0 Å². The zero-order valence-electron chi connectivity index (χ0n) is 2.80. The third-order valence-electron chi connectivity index (χ3n) is 0. The molecular formula is H2LiNO2S. The van der Waals surface area contributed by atoms with Crippen molar-refractivity contribution < 1.29 is 27.3 Å². The molecule has 0 spiro atoms. The second-order valence-electron chi connectivity index (χ2n) is 0.260. The summed E-state index contributed by atoms with van der Waals surface area (Å²) in [6.45, 7) is 0. The molecule has 0 heterocycles. The Morgan fingerprint density at radius 1 is 1.40 bits per heavy atom. The normalized spacial score (nSPS) is 6.80. The minimum absolute atomic E-state index is 0. The Bertz CT molecular complexity index is 58.0. The number of hydrogen-bond donors (Lipinski definition) is 1. The Morgan fingerprint density at radius 2 is 1.40 bits per heavy atom. The van der Waals surface area contributed by atoms with Crippen molar-refractivity contribution in [3.8, 4) is 0 Å².